The molecule has 0 radical (unpaired) electrons. The van der Waals surface area contributed by atoms with Crippen LogP contribution in [0, 0.1) is 6.92 Å². The zero-order valence-electron chi connectivity index (χ0n) is 17.6. The smallest absolute Gasteiger partial charge is 0.275 e. The van der Waals surface area contributed by atoms with Gasteiger partial charge in [-0.25, -0.2) is 4.68 Å². The summed E-state index contributed by atoms with van der Waals surface area (Å²) in [7, 11) is 0. The predicted molar refractivity (Wildman–Crippen MR) is 119 cm³/mol. The summed E-state index contributed by atoms with van der Waals surface area (Å²) in [6.07, 6.45) is 1.82. The van der Waals surface area contributed by atoms with Crippen LogP contribution in [-0.2, 0) is 29.1 Å². The predicted octanol–water partition coefficient (Wildman–Crippen LogP) is 2.19. The number of benzene rings is 2. The molecule has 1 N–H and O–H groups in total. The molecule has 2 amide bonds. The molecule has 2 heterocycles. The third-order valence-corrected chi connectivity index (χ3v) is 5.72. The number of rotatable bonds is 6. The van der Waals surface area contributed by atoms with E-state index >= 15 is 0 Å². The summed E-state index contributed by atoms with van der Waals surface area (Å²) in [6.45, 7) is 3.45. The maximum absolute atomic E-state index is 12.6. The second-order valence-corrected chi connectivity index (χ2v) is 7.88. The Morgan fingerprint density at radius 1 is 1.03 bits per heavy atom. The van der Waals surface area contributed by atoms with Crippen molar-refractivity contribution in [3.8, 4) is 0 Å². The van der Waals surface area contributed by atoms with Crippen LogP contribution in [0.3, 0.4) is 0 Å². The van der Waals surface area contributed by atoms with Crippen molar-refractivity contribution in [3.63, 3.8) is 0 Å². The second-order valence-electron chi connectivity index (χ2n) is 7.88. The summed E-state index contributed by atoms with van der Waals surface area (Å²) in [6, 6.07) is 15.5. The van der Waals surface area contributed by atoms with Crippen LogP contribution in [0.15, 0.2) is 53.3 Å². The first-order valence-electron chi connectivity index (χ1n) is 10.6. The molecule has 7 heteroatoms. The van der Waals surface area contributed by atoms with E-state index in [0.29, 0.717) is 37.0 Å². The van der Waals surface area contributed by atoms with Crippen molar-refractivity contribution >= 4 is 22.6 Å². The van der Waals surface area contributed by atoms with Crippen LogP contribution >= 0.6 is 0 Å². The van der Waals surface area contributed by atoms with E-state index in [9.17, 15) is 14.4 Å². The van der Waals surface area contributed by atoms with Gasteiger partial charge in [0.05, 0.1) is 11.1 Å². The summed E-state index contributed by atoms with van der Waals surface area (Å²) in [5.41, 5.74) is 2.94. The summed E-state index contributed by atoms with van der Waals surface area (Å²) in [5.74, 6) is -0.185. The van der Waals surface area contributed by atoms with Crippen molar-refractivity contribution in [2.24, 2.45) is 0 Å². The van der Waals surface area contributed by atoms with E-state index in [1.54, 1.807) is 12.1 Å². The highest BCUT2D eigenvalue weighted by Gasteiger charge is 2.20. The van der Waals surface area contributed by atoms with Crippen LogP contribution in [0.4, 0.5) is 0 Å². The Kier molecular flexibility index (Phi) is 6.11. The average Bonchev–Trinajstić information content (AvgIpc) is 2.79. The molecule has 0 saturated carbocycles. The highest BCUT2D eigenvalue weighted by Crippen LogP contribution is 2.19. The van der Waals surface area contributed by atoms with Gasteiger partial charge in [0.1, 0.15) is 6.54 Å². The Hall–Kier alpha value is -3.48. The molecule has 2 aromatic carbocycles. The molecule has 0 spiro atoms. The van der Waals surface area contributed by atoms with E-state index in [1.165, 1.54) is 15.8 Å². The lowest BCUT2D eigenvalue weighted by Gasteiger charge is -2.29. The van der Waals surface area contributed by atoms with Crippen molar-refractivity contribution < 1.29 is 9.59 Å². The minimum atomic E-state index is -0.288. The van der Waals surface area contributed by atoms with Crippen molar-refractivity contribution in [1.82, 2.24) is 20.0 Å². The summed E-state index contributed by atoms with van der Waals surface area (Å²) < 4.78 is 1.20. The largest absolute Gasteiger partial charge is 0.354 e. The van der Waals surface area contributed by atoms with Crippen LogP contribution in [-0.4, -0.2) is 39.6 Å². The van der Waals surface area contributed by atoms with Gasteiger partial charge in [0.2, 0.25) is 11.8 Å². The summed E-state index contributed by atoms with van der Waals surface area (Å²) in [5, 5.41) is 8.40. The molecule has 1 aromatic heterocycles. The first-order chi connectivity index (χ1) is 15.0. The van der Waals surface area contributed by atoms with Gasteiger partial charge >= 0.3 is 0 Å². The fourth-order valence-corrected chi connectivity index (χ4v) is 4.04. The molecule has 1 aliphatic heterocycles. The quantitative estimate of drug-likeness (QED) is 0.622. The van der Waals surface area contributed by atoms with E-state index < -0.39 is 0 Å². The number of amides is 2. The van der Waals surface area contributed by atoms with E-state index in [2.05, 4.69) is 22.5 Å². The minimum Gasteiger partial charge on any atom is -0.354 e. The number of hydrogen-bond acceptors (Lipinski definition) is 4. The Morgan fingerprint density at radius 3 is 2.55 bits per heavy atom. The lowest BCUT2D eigenvalue weighted by molar-refractivity contribution is -0.132. The second kappa shape index (κ2) is 9.12. The lowest BCUT2D eigenvalue weighted by Crippen LogP contribution is -2.37. The molecule has 3 aromatic rings. The van der Waals surface area contributed by atoms with Crippen LogP contribution < -0.4 is 10.9 Å². The van der Waals surface area contributed by atoms with Gasteiger partial charge in [-0.2, -0.15) is 5.10 Å². The van der Waals surface area contributed by atoms with Crippen molar-refractivity contribution in [2.75, 3.05) is 13.1 Å². The average molecular weight is 418 g/mol. The van der Waals surface area contributed by atoms with Crippen LogP contribution in [0.5, 0.6) is 0 Å². The highest BCUT2D eigenvalue weighted by atomic mass is 16.2. The molecule has 0 bridgehead atoms. The van der Waals surface area contributed by atoms with Crippen LogP contribution in [0.2, 0.25) is 0 Å². The fraction of sp³-hybridized carbons (Fsp3) is 0.333. The van der Waals surface area contributed by atoms with Crippen LogP contribution in [0.25, 0.3) is 10.8 Å². The van der Waals surface area contributed by atoms with Gasteiger partial charge in [-0.3, -0.25) is 14.4 Å². The Morgan fingerprint density at radius 2 is 1.74 bits per heavy atom. The van der Waals surface area contributed by atoms with Gasteiger partial charge in [0.15, 0.2) is 0 Å². The molecule has 0 atom stereocenters. The maximum Gasteiger partial charge on any atom is 0.275 e. The normalized spacial score (nSPS) is 13.1. The van der Waals surface area contributed by atoms with Crippen molar-refractivity contribution in [3.05, 3.63) is 75.7 Å². The van der Waals surface area contributed by atoms with Gasteiger partial charge in [-0.05, 0) is 37.0 Å². The first kappa shape index (κ1) is 20.8. The molecule has 31 heavy (non-hydrogen) atoms. The Balaban J connectivity index is 1.26. The highest BCUT2D eigenvalue weighted by molar-refractivity contribution is 5.83. The van der Waals surface area contributed by atoms with E-state index in [4.69, 9.17) is 0 Å². The third kappa shape index (κ3) is 4.66. The number of aromatic nitrogens is 2. The molecular formula is C24H26N4O3. The molecule has 0 aliphatic carbocycles. The Bertz CT molecular complexity index is 1180. The number of carbonyl (C=O) groups is 2. The van der Waals surface area contributed by atoms with Gasteiger partial charge in [-0.15, -0.1) is 0 Å². The van der Waals surface area contributed by atoms with E-state index in [1.807, 2.05) is 36.1 Å². The molecule has 160 valence electrons. The SMILES string of the molecule is Cc1nn(CC(=O)NCCCC(=O)N2CCc3ccccc3C2)c(=O)c2ccccc12. The van der Waals surface area contributed by atoms with Crippen molar-refractivity contribution in [2.45, 2.75) is 39.3 Å². The molecule has 7 nitrogen and oxygen atoms in total. The van der Waals surface area contributed by atoms with Gasteiger partial charge in [0, 0.05) is 31.4 Å². The molecule has 0 fully saturated rings. The van der Waals surface area contributed by atoms with E-state index in [-0.39, 0.29) is 23.9 Å². The third-order valence-electron chi connectivity index (χ3n) is 5.72. The summed E-state index contributed by atoms with van der Waals surface area (Å²) >= 11 is 0. The molecule has 0 saturated heterocycles. The maximum atomic E-state index is 12.6. The molecular weight excluding hydrogens is 392 g/mol. The number of carbonyl (C=O) groups excluding carboxylic acids is 2. The number of nitrogens with one attached hydrogen (secondary N) is 1. The zero-order chi connectivity index (χ0) is 21.8. The van der Waals surface area contributed by atoms with Gasteiger partial charge < -0.3 is 10.2 Å². The number of fused-ring (bicyclic) bond motifs is 2. The molecule has 4 rings (SSSR count). The van der Waals surface area contributed by atoms with Crippen molar-refractivity contribution in [1.29, 1.82) is 0 Å². The number of nitrogens with zero attached hydrogens (tertiary/aromatic N) is 3. The van der Waals surface area contributed by atoms with Gasteiger partial charge in [-0.1, -0.05) is 42.5 Å². The fourth-order valence-electron chi connectivity index (χ4n) is 4.04. The van der Waals surface area contributed by atoms with Gasteiger partial charge in [0.25, 0.3) is 5.56 Å². The minimum absolute atomic E-state index is 0.104. The zero-order valence-corrected chi connectivity index (χ0v) is 17.6. The standard InChI is InChI=1S/C24H26N4O3/c1-17-20-9-4-5-10-21(20)24(31)28(26-17)16-22(29)25-13-6-11-23(30)27-14-12-18-7-2-3-8-19(18)15-27/h2-5,7-10H,6,11-16H2,1H3,(H,25,29). The molecule has 1 aliphatic rings. The monoisotopic (exact) mass is 418 g/mol. The number of hydrogen-bond donors (Lipinski definition) is 1. The Labute approximate surface area is 180 Å². The first-order valence-corrected chi connectivity index (χ1v) is 10.6. The lowest BCUT2D eigenvalue weighted by atomic mass is 9.99. The number of aryl methyl sites for hydroxylation is 1. The summed E-state index contributed by atoms with van der Waals surface area (Å²) in [4.78, 5) is 39.2. The topological polar surface area (TPSA) is 84.3 Å². The molecule has 0 unspecified atom stereocenters. The van der Waals surface area contributed by atoms with Crippen LogP contribution in [0.1, 0.15) is 29.7 Å². The van der Waals surface area contributed by atoms with E-state index in [0.717, 1.165) is 18.4 Å².